The molecule has 5 nitrogen and oxygen atoms in total. The Morgan fingerprint density at radius 3 is 2.17 bits per heavy atom. The van der Waals surface area contributed by atoms with Crippen molar-refractivity contribution in [3.63, 3.8) is 0 Å². The number of esters is 1. The van der Waals surface area contributed by atoms with Crippen molar-refractivity contribution >= 4 is 11.8 Å². The Hall–Kier alpha value is -3.39. The van der Waals surface area contributed by atoms with Gasteiger partial charge in [0.2, 0.25) is 5.78 Å². The summed E-state index contributed by atoms with van der Waals surface area (Å²) in [4.78, 5) is 23.7. The van der Waals surface area contributed by atoms with Crippen LogP contribution in [-0.2, 0) is 9.53 Å². The molecule has 2 N–H and O–H groups in total. The molecular weight excluding hydrogens is 304 g/mol. The third kappa shape index (κ3) is 4.08. The zero-order chi connectivity index (χ0) is 17.5. The molecule has 24 heavy (non-hydrogen) atoms. The topological polar surface area (TPSA) is 93.2 Å². The Kier molecular flexibility index (Phi) is 5.48. The molecule has 0 saturated carbocycles. The summed E-state index contributed by atoms with van der Waals surface area (Å²) >= 11 is 0. The van der Waals surface area contributed by atoms with Crippen LogP contribution in [0.5, 0.6) is 0 Å². The number of rotatable bonds is 5. The molecule has 120 valence electrons. The number of ether oxygens (including phenoxy) is 1. The molecule has 0 amide bonds. The molecule has 0 aromatic heterocycles. The summed E-state index contributed by atoms with van der Waals surface area (Å²) in [6, 6.07) is 18.3. The van der Waals surface area contributed by atoms with Gasteiger partial charge < -0.3 is 10.5 Å². The lowest BCUT2D eigenvalue weighted by atomic mass is 10.0. The first-order valence-electron chi connectivity index (χ1n) is 7.25. The number of nitriles is 1. The first kappa shape index (κ1) is 17.0. The maximum Gasteiger partial charge on any atom is 0.338 e. The zero-order valence-electron chi connectivity index (χ0n) is 13.2. The van der Waals surface area contributed by atoms with Crippen LogP contribution in [0.4, 0.5) is 0 Å². The molecule has 0 radical (unpaired) electrons. The quantitative estimate of drug-likeness (QED) is 0.519. The minimum Gasteiger partial charge on any atom is -0.454 e. The first-order valence-corrected chi connectivity index (χ1v) is 7.25. The number of Topliss-reactive ketones (excluding diaryl/α,β-unsaturated/α-hetero) is 1. The molecule has 0 unspecified atom stereocenters. The van der Waals surface area contributed by atoms with Crippen molar-refractivity contribution in [3.8, 4) is 17.2 Å². The number of nitrogens with two attached hydrogens (primary N) is 1. The van der Waals surface area contributed by atoms with Crippen LogP contribution >= 0.6 is 0 Å². The van der Waals surface area contributed by atoms with E-state index in [1.807, 2.05) is 30.3 Å². The summed E-state index contributed by atoms with van der Waals surface area (Å²) in [6.45, 7) is 0.928. The fourth-order valence-electron chi connectivity index (χ4n) is 2.09. The second kappa shape index (κ2) is 7.75. The molecular formula is C19H16N2O3. The number of nitrogens with zero attached hydrogens (tertiary/aromatic N) is 1. The second-order valence-corrected chi connectivity index (χ2v) is 5.11. The molecule has 0 aliphatic rings. The summed E-state index contributed by atoms with van der Waals surface area (Å²) in [5.74, 6) is -1.25. The monoisotopic (exact) mass is 320 g/mol. The second-order valence-electron chi connectivity index (χ2n) is 5.11. The van der Waals surface area contributed by atoms with Crippen molar-refractivity contribution in [3.05, 3.63) is 71.4 Å². The Morgan fingerprint density at radius 2 is 1.62 bits per heavy atom. The van der Waals surface area contributed by atoms with Crippen molar-refractivity contribution in [2.45, 2.75) is 6.92 Å². The van der Waals surface area contributed by atoms with Crippen LogP contribution in [0.2, 0.25) is 0 Å². The van der Waals surface area contributed by atoms with Gasteiger partial charge in [-0.1, -0.05) is 42.5 Å². The largest absolute Gasteiger partial charge is 0.454 e. The van der Waals surface area contributed by atoms with Crippen molar-refractivity contribution < 1.29 is 14.3 Å². The molecule has 0 saturated heterocycles. The minimum absolute atomic E-state index is 0.103. The van der Waals surface area contributed by atoms with E-state index in [-0.39, 0.29) is 11.3 Å². The first-order chi connectivity index (χ1) is 11.5. The van der Waals surface area contributed by atoms with Crippen molar-refractivity contribution in [1.82, 2.24) is 0 Å². The number of hydrogen-bond donors (Lipinski definition) is 1. The molecule has 5 heteroatoms. The highest BCUT2D eigenvalue weighted by atomic mass is 16.5. The van der Waals surface area contributed by atoms with Crippen LogP contribution < -0.4 is 5.73 Å². The zero-order valence-corrected chi connectivity index (χ0v) is 13.2. The fraction of sp³-hybridized carbons (Fsp3) is 0.105. The van der Waals surface area contributed by atoms with Crippen LogP contribution in [-0.4, -0.2) is 18.4 Å². The van der Waals surface area contributed by atoms with Gasteiger partial charge in [0.15, 0.2) is 6.61 Å². The SMILES string of the molecule is C/C(N)=C(/C#N)C(=O)COC(=O)c1ccc(-c2ccccc2)cc1. The summed E-state index contributed by atoms with van der Waals surface area (Å²) < 4.78 is 4.94. The number of hydrogen-bond acceptors (Lipinski definition) is 5. The van der Waals surface area contributed by atoms with Crippen LogP contribution in [0.3, 0.4) is 0 Å². The van der Waals surface area contributed by atoms with Gasteiger partial charge in [0.25, 0.3) is 0 Å². The van der Waals surface area contributed by atoms with Crippen molar-refractivity contribution in [2.24, 2.45) is 5.73 Å². The average molecular weight is 320 g/mol. The van der Waals surface area contributed by atoms with Gasteiger partial charge in [-0.05, 0) is 30.2 Å². The third-order valence-electron chi connectivity index (χ3n) is 3.35. The maximum atomic E-state index is 12.0. The van der Waals surface area contributed by atoms with E-state index in [0.29, 0.717) is 5.56 Å². The van der Waals surface area contributed by atoms with Gasteiger partial charge in [0, 0.05) is 5.70 Å². The molecule has 0 heterocycles. The number of benzene rings is 2. The van der Waals surface area contributed by atoms with Gasteiger partial charge in [-0.25, -0.2) is 4.79 Å². The number of ketones is 1. The molecule has 0 aliphatic carbocycles. The summed E-state index contributed by atoms with van der Waals surface area (Å²) in [5.41, 5.74) is 7.68. The predicted molar refractivity (Wildman–Crippen MR) is 89.7 cm³/mol. The molecule has 0 spiro atoms. The molecule has 2 rings (SSSR count). The lowest BCUT2D eigenvalue weighted by Crippen LogP contribution is -2.17. The maximum absolute atomic E-state index is 12.0. The molecule has 0 fully saturated rings. The van der Waals surface area contributed by atoms with Gasteiger partial charge in [-0.2, -0.15) is 5.26 Å². The van der Waals surface area contributed by atoms with Crippen molar-refractivity contribution in [1.29, 1.82) is 5.26 Å². The van der Waals surface area contributed by atoms with Gasteiger partial charge >= 0.3 is 5.97 Å². The Balaban J connectivity index is 2.03. The molecule has 2 aromatic carbocycles. The van der Waals surface area contributed by atoms with E-state index in [1.165, 1.54) is 6.92 Å². The van der Waals surface area contributed by atoms with E-state index in [1.54, 1.807) is 30.3 Å². The van der Waals surface area contributed by atoms with Gasteiger partial charge in [0.1, 0.15) is 11.6 Å². The number of allylic oxidation sites excluding steroid dienone is 1. The average Bonchev–Trinajstić information content (AvgIpc) is 2.61. The third-order valence-corrected chi connectivity index (χ3v) is 3.35. The van der Waals surface area contributed by atoms with Crippen LogP contribution in [0.25, 0.3) is 11.1 Å². The van der Waals surface area contributed by atoms with Crippen LogP contribution in [0.15, 0.2) is 65.9 Å². The normalized spacial score (nSPS) is 11.2. The van der Waals surface area contributed by atoms with E-state index in [2.05, 4.69) is 0 Å². The van der Waals surface area contributed by atoms with Gasteiger partial charge in [-0.15, -0.1) is 0 Å². The Bertz CT molecular complexity index is 812. The summed E-state index contributed by atoms with van der Waals surface area (Å²) in [5, 5.41) is 8.84. The minimum atomic E-state index is -0.630. The molecule has 0 atom stereocenters. The molecule has 0 bridgehead atoms. The number of carbonyl (C=O) groups is 2. The smallest absolute Gasteiger partial charge is 0.338 e. The highest BCUT2D eigenvalue weighted by molar-refractivity contribution is 6.02. The lowest BCUT2D eigenvalue weighted by molar-refractivity contribution is -0.118. The predicted octanol–water partition coefficient (Wildman–Crippen LogP) is 2.84. The molecule has 2 aromatic rings. The highest BCUT2D eigenvalue weighted by Gasteiger charge is 2.15. The Morgan fingerprint density at radius 1 is 1.04 bits per heavy atom. The van der Waals surface area contributed by atoms with E-state index >= 15 is 0 Å². The van der Waals surface area contributed by atoms with Crippen LogP contribution in [0, 0.1) is 11.3 Å². The fourth-order valence-corrected chi connectivity index (χ4v) is 2.09. The number of carbonyl (C=O) groups excluding carboxylic acids is 2. The van der Waals surface area contributed by atoms with E-state index in [4.69, 9.17) is 15.7 Å². The van der Waals surface area contributed by atoms with E-state index < -0.39 is 18.4 Å². The highest BCUT2D eigenvalue weighted by Crippen LogP contribution is 2.19. The van der Waals surface area contributed by atoms with Crippen LogP contribution in [0.1, 0.15) is 17.3 Å². The summed E-state index contributed by atoms with van der Waals surface area (Å²) in [7, 11) is 0. The van der Waals surface area contributed by atoms with Gasteiger partial charge in [-0.3, -0.25) is 4.79 Å². The van der Waals surface area contributed by atoms with Gasteiger partial charge in [0.05, 0.1) is 5.56 Å². The van der Waals surface area contributed by atoms with E-state index in [9.17, 15) is 9.59 Å². The summed E-state index contributed by atoms with van der Waals surface area (Å²) in [6.07, 6.45) is 0. The molecule has 0 aliphatic heterocycles. The lowest BCUT2D eigenvalue weighted by Gasteiger charge is -2.06. The standard InChI is InChI=1S/C19H16N2O3/c1-13(21)17(11-20)18(22)12-24-19(23)16-9-7-15(8-10-16)14-5-3-2-4-6-14/h2-10H,12,21H2,1H3/b17-13+. The van der Waals surface area contributed by atoms with E-state index in [0.717, 1.165) is 11.1 Å². The van der Waals surface area contributed by atoms with Crippen molar-refractivity contribution in [2.75, 3.05) is 6.61 Å². The Labute approximate surface area is 140 Å².